The molecular formula is C36H24O. The Labute approximate surface area is 216 Å². The molecule has 0 aliphatic carbocycles. The zero-order valence-corrected chi connectivity index (χ0v) is 20.3. The van der Waals surface area contributed by atoms with Crippen LogP contribution in [0.25, 0.3) is 54.6 Å². The molecule has 0 atom stereocenters. The van der Waals surface area contributed by atoms with E-state index in [1.807, 2.05) is 30.3 Å². The van der Waals surface area contributed by atoms with Gasteiger partial charge in [-0.3, -0.25) is 0 Å². The molecule has 7 aromatic carbocycles. The maximum Gasteiger partial charge on any atom is 0.135 e. The first-order valence-corrected chi connectivity index (χ1v) is 12.6. The Morgan fingerprint density at radius 1 is 0.324 bits per heavy atom. The van der Waals surface area contributed by atoms with Crippen molar-refractivity contribution < 1.29 is 4.74 Å². The van der Waals surface area contributed by atoms with Gasteiger partial charge in [0.25, 0.3) is 0 Å². The van der Waals surface area contributed by atoms with Crippen LogP contribution in [0.2, 0.25) is 0 Å². The molecular weight excluding hydrogens is 448 g/mol. The molecule has 0 heterocycles. The van der Waals surface area contributed by atoms with Gasteiger partial charge in [0.05, 0.1) is 0 Å². The maximum absolute atomic E-state index is 6.23. The van der Waals surface area contributed by atoms with Gasteiger partial charge < -0.3 is 4.74 Å². The van der Waals surface area contributed by atoms with E-state index in [1.165, 1.54) is 49.2 Å². The van der Waals surface area contributed by atoms with Gasteiger partial charge in [0.1, 0.15) is 11.5 Å². The molecule has 37 heavy (non-hydrogen) atoms. The minimum Gasteiger partial charge on any atom is -0.457 e. The Hall–Kier alpha value is -4.88. The monoisotopic (exact) mass is 472 g/mol. The van der Waals surface area contributed by atoms with Crippen molar-refractivity contribution in [1.29, 1.82) is 0 Å². The summed E-state index contributed by atoms with van der Waals surface area (Å²) < 4.78 is 6.23. The first kappa shape index (κ1) is 21.4. The van der Waals surface area contributed by atoms with Gasteiger partial charge in [0.15, 0.2) is 0 Å². The second-order valence-corrected chi connectivity index (χ2v) is 9.44. The minimum atomic E-state index is 0.834. The number of ether oxygens (including phenoxy) is 1. The van der Waals surface area contributed by atoms with Gasteiger partial charge in [-0.15, -0.1) is 0 Å². The molecule has 1 nitrogen and oxygen atoms in total. The summed E-state index contributed by atoms with van der Waals surface area (Å²) in [4.78, 5) is 0. The summed E-state index contributed by atoms with van der Waals surface area (Å²) in [5, 5.41) is 7.31. The molecule has 0 aromatic heterocycles. The summed E-state index contributed by atoms with van der Waals surface area (Å²) >= 11 is 0. The summed E-state index contributed by atoms with van der Waals surface area (Å²) in [7, 11) is 0. The molecule has 0 saturated carbocycles. The maximum atomic E-state index is 6.23. The van der Waals surface area contributed by atoms with Crippen molar-refractivity contribution in [2.75, 3.05) is 0 Å². The fourth-order valence-electron chi connectivity index (χ4n) is 5.10. The van der Waals surface area contributed by atoms with Crippen LogP contribution in [0.1, 0.15) is 0 Å². The van der Waals surface area contributed by atoms with Gasteiger partial charge in [0.2, 0.25) is 0 Å². The second kappa shape index (κ2) is 8.96. The molecule has 0 bridgehead atoms. The zero-order valence-electron chi connectivity index (χ0n) is 20.3. The lowest BCUT2D eigenvalue weighted by atomic mass is 9.96. The molecule has 0 radical (unpaired) electrons. The largest absolute Gasteiger partial charge is 0.457 e. The highest BCUT2D eigenvalue weighted by Crippen LogP contribution is 2.33. The molecule has 0 saturated heterocycles. The van der Waals surface area contributed by atoms with Gasteiger partial charge in [-0.05, 0) is 85.6 Å². The fourth-order valence-corrected chi connectivity index (χ4v) is 5.10. The van der Waals surface area contributed by atoms with Crippen molar-refractivity contribution in [3.8, 4) is 33.8 Å². The van der Waals surface area contributed by atoms with E-state index < -0.39 is 0 Å². The molecule has 1 heteroatoms. The van der Waals surface area contributed by atoms with Crippen LogP contribution in [-0.2, 0) is 0 Å². The number of hydrogen-bond acceptors (Lipinski definition) is 1. The molecule has 0 unspecified atom stereocenters. The smallest absolute Gasteiger partial charge is 0.135 e. The highest BCUT2D eigenvalue weighted by atomic mass is 16.5. The van der Waals surface area contributed by atoms with Crippen molar-refractivity contribution >= 4 is 32.3 Å². The van der Waals surface area contributed by atoms with Crippen molar-refractivity contribution in [2.24, 2.45) is 0 Å². The highest BCUT2D eigenvalue weighted by molar-refractivity contribution is 5.93. The SMILES string of the molecule is c1ccc2cc(-c3ccc4cc(-c5ccc(Oc6cccc7ccccc67)cc5)ccc4c3)ccc2c1. The van der Waals surface area contributed by atoms with Crippen LogP contribution in [-0.4, -0.2) is 0 Å². The standard InChI is InChI=1S/C36H24O/c1-2-8-28-22-30(13-12-25(28)6-1)33-17-16-31-23-29(14-15-32(31)24-33)26-18-20-34(21-19-26)37-36-11-5-9-27-7-3-4-10-35(27)36/h1-24H. The summed E-state index contributed by atoms with van der Waals surface area (Å²) in [5.74, 6) is 1.71. The summed E-state index contributed by atoms with van der Waals surface area (Å²) in [5.41, 5.74) is 4.85. The normalized spacial score (nSPS) is 11.2. The number of hydrogen-bond donors (Lipinski definition) is 0. The average Bonchev–Trinajstić information content (AvgIpc) is 2.97. The quantitative estimate of drug-likeness (QED) is 0.248. The predicted octanol–water partition coefficient (Wildman–Crippen LogP) is 10.3. The van der Waals surface area contributed by atoms with Crippen molar-refractivity contribution in [1.82, 2.24) is 0 Å². The van der Waals surface area contributed by atoms with Gasteiger partial charge in [-0.2, -0.15) is 0 Å². The van der Waals surface area contributed by atoms with Crippen LogP contribution in [0.5, 0.6) is 11.5 Å². The summed E-state index contributed by atoms with van der Waals surface area (Å²) in [6.07, 6.45) is 0. The Bertz CT molecular complexity index is 1890. The first-order valence-electron chi connectivity index (χ1n) is 12.6. The van der Waals surface area contributed by atoms with Gasteiger partial charge in [-0.1, -0.05) is 109 Å². The lowest BCUT2D eigenvalue weighted by molar-refractivity contribution is 0.488. The van der Waals surface area contributed by atoms with Gasteiger partial charge >= 0.3 is 0 Å². The van der Waals surface area contributed by atoms with Crippen LogP contribution >= 0.6 is 0 Å². The Morgan fingerprint density at radius 2 is 0.811 bits per heavy atom. The summed E-state index contributed by atoms with van der Waals surface area (Å²) in [6.45, 7) is 0. The van der Waals surface area contributed by atoms with Crippen LogP contribution < -0.4 is 4.74 Å². The molecule has 0 amide bonds. The van der Waals surface area contributed by atoms with E-state index in [2.05, 4.69) is 115 Å². The molecule has 0 aliphatic rings. The van der Waals surface area contributed by atoms with Crippen molar-refractivity contribution in [3.05, 3.63) is 146 Å². The van der Waals surface area contributed by atoms with E-state index in [0.717, 1.165) is 16.9 Å². The average molecular weight is 473 g/mol. The molecule has 0 N–H and O–H groups in total. The third-order valence-corrected chi connectivity index (χ3v) is 7.09. The Balaban J connectivity index is 1.16. The first-order chi connectivity index (χ1) is 18.3. The van der Waals surface area contributed by atoms with Crippen LogP contribution in [0.15, 0.2) is 146 Å². The van der Waals surface area contributed by atoms with Crippen molar-refractivity contribution in [3.63, 3.8) is 0 Å². The Morgan fingerprint density at radius 3 is 1.51 bits per heavy atom. The van der Waals surface area contributed by atoms with E-state index in [9.17, 15) is 0 Å². The van der Waals surface area contributed by atoms with E-state index in [1.54, 1.807) is 0 Å². The van der Waals surface area contributed by atoms with E-state index in [-0.39, 0.29) is 0 Å². The van der Waals surface area contributed by atoms with Gasteiger partial charge in [-0.25, -0.2) is 0 Å². The molecule has 7 rings (SSSR count). The van der Waals surface area contributed by atoms with Crippen LogP contribution in [0, 0.1) is 0 Å². The van der Waals surface area contributed by atoms with E-state index in [4.69, 9.17) is 4.74 Å². The van der Waals surface area contributed by atoms with Crippen molar-refractivity contribution in [2.45, 2.75) is 0 Å². The van der Waals surface area contributed by atoms with Gasteiger partial charge in [0, 0.05) is 5.39 Å². The lowest BCUT2D eigenvalue weighted by Gasteiger charge is -2.11. The molecule has 0 fully saturated rings. The predicted molar refractivity (Wildman–Crippen MR) is 156 cm³/mol. The lowest BCUT2D eigenvalue weighted by Crippen LogP contribution is -1.86. The number of benzene rings is 7. The Kier molecular flexibility index (Phi) is 5.19. The van der Waals surface area contributed by atoms with E-state index in [0.29, 0.717) is 0 Å². The van der Waals surface area contributed by atoms with Crippen LogP contribution in [0.4, 0.5) is 0 Å². The fraction of sp³-hybridized carbons (Fsp3) is 0. The van der Waals surface area contributed by atoms with Crippen LogP contribution in [0.3, 0.4) is 0 Å². The highest BCUT2D eigenvalue weighted by Gasteiger charge is 2.06. The number of rotatable bonds is 4. The number of fused-ring (bicyclic) bond motifs is 3. The third-order valence-electron chi connectivity index (χ3n) is 7.09. The zero-order chi connectivity index (χ0) is 24.6. The second-order valence-electron chi connectivity index (χ2n) is 9.44. The molecule has 7 aromatic rings. The topological polar surface area (TPSA) is 9.23 Å². The van der Waals surface area contributed by atoms with E-state index >= 15 is 0 Å². The molecule has 0 aliphatic heterocycles. The molecule has 0 spiro atoms. The minimum absolute atomic E-state index is 0.834. The third kappa shape index (κ3) is 4.11. The summed E-state index contributed by atoms with van der Waals surface area (Å²) in [6, 6.07) is 51.4. The molecule has 174 valence electrons.